The predicted octanol–water partition coefficient (Wildman–Crippen LogP) is 2.87. The lowest BCUT2D eigenvalue weighted by molar-refractivity contribution is -0.387. The van der Waals surface area contributed by atoms with E-state index >= 15 is 0 Å². The van der Waals surface area contributed by atoms with Crippen molar-refractivity contribution in [1.29, 1.82) is 0 Å². The number of hydrogen-bond acceptors (Lipinski definition) is 4. The highest BCUT2D eigenvalue weighted by atomic mass is 35.5. The van der Waals surface area contributed by atoms with Gasteiger partial charge in [0.05, 0.1) is 4.92 Å². The van der Waals surface area contributed by atoms with Crippen molar-refractivity contribution in [3.63, 3.8) is 0 Å². The Morgan fingerprint density at radius 1 is 1.23 bits per heavy atom. The highest BCUT2D eigenvalue weighted by Crippen LogP contribution is 2.23. The Labute approximate surface area is 130 Å². The minimum Gasteiger partial charge on any atom is -0.258 e. The van der Waals surface area contributed by atoms with Gasteiger partial charge in [0, 0.05) is 17.6 Å². The molecule has 0 radical (unpaired) electrons. The lowest BCUT2D eigenvalue weighted by Gasteiger charge is -2.08. The summed E-state index contributed by atoms with van der Waals surface area (Å²) in [4.78, 5) is 9.66. The van der Waals surface area contributed by atoms with Crippen LogP contribution in [0.1, 0.15) is 5.56 Å². The Hall–Kier alpha value is -2.03. The molecule has 0 bridgehead atoms. The Bertz CT molecular complexity index is 827. The van der Waals surface area contributed by atoms with Gasteiger partial charge in [0.1, 0.15) is 5.82 Å². The molecule has 1 N–H and O–H groups in total. The number of sulfonamides is 1. The van der Waals surface area contributed by atoms with Crippen LogP contribution in [0.2, 0.25) is 5.02 Å². The highest BCUT2D eigenvalue weighted by molar-refractivity contribution is 7.89. The summed E-state index contributed by atoms with van der Waals surface area (Å²) in [5.74, 6) is -0.546. The van der Waals surface area contributed by atoms with Crippen molar-refractivity contribution in [3.8, 4) is 0 Å². The summed E-state index contributed by atoms with van der Waals surface area (Å²) in [6, 6.07) is 8.50. The number of para-hydroxylation sites is 1. The zero-order valence-electron chi connectivity index (χ0n) is 11.0. The summed E-state index contributed by atoms with van der Waals surface area (Å²) >= 11 is 5.80. The molecule has 0 aromatic heterocycles. The van der Waals surface area contributed by atoms with Crippen LogP contribution in [0.5, 0.6) is 0 Å². The molecule has 0 fully saturated rings. The maximum Gasteiger partial charge on any atom is 0.289 e. The molecule has 0 spiro atoms. The predicted molar refractivity (Wildman–Crippen MR) is 78.5 cm³/mol. The second-order valence-electron chi connectivity index (χ2n) is 4.29. The first-order valence-electron chi connectivity index (χ1n) is 5.98. The number of hydrogen-bond donors (Lipinski definition) is 1. The first-order chi connectivity index (χ1) is 10.3. The fraction of sp³-hybridized carbons (Fsp3) is 0.0769. The second kappa shape index (κ2) is 6.39. The SMILES string of the molecule is O=[N+]([O-])c1ccccc1S(=O)(=O)NCc1ccc(F)cc1Cl. The highest BCUT2D eigenvalue weighted by Gasteiger charge is 2.24. The van der Waals surface area contributed by atoms with E-state index in [1.54, 1.807) is 0 Å². The Kier molecular flexibility index (Phi) is 4.74. The third kappa shape index (κ3) is 3.59. The molecule has 0 atom stereocenters. The third-order valence-electron chi connectivity index (χ3n) is 2.82. The monoisotopic (exact) mass is 344 g/mol. The number of benzene rings is 2. The van der Waals surface area contributed by atoms with Crippen LogP contribution in [-0.4, -0.2) is 13.3 Å². The van der Waals surface area contributed by atoms with E-state index in [0.717, 1.165) is 24.3 Å². The molecule has 0 heterocycles. The average Bonchev–Trinajstić information content (AvgIpc) is 2.46. The average molecular weight is 345 g/mol. The molecule has 0 saturated heterocycles. The summed E-state index contributed by atoms with van der Waals surface area (Å²) in [6.45, 7) is -0.215. The van der Waals surface area contributed by atoms with Gasteiger partial charge in [-0.3, -0.25) is 10.1 Å². The number of nitrogens with one attached hydrogen (secondary N) is 1. The Morgan fingerprint density at radius 3 is 2.55 bits per heavy atom. The van der Waals surface area contributed by atoms with E-state index in [1.165, 1.54) is 18.2 Å². The fourth-order valence-corrected chi connectivity index (χ4v) is 3.16. The maximum atomic E-state index is 12.9. The molecule has 0 saturated carbocycles. The molecular formula is C13H10ClFN2O4S. The number of nitrogens with zero attached hydrogens (tertiary/aromatic N) is 1. The summed E-state index contributed by atoms with van der Waals surface area (Å²) in [7, 11) is -4.11. The van der Waals surface area contributed by atoms with E-state index in [0.29, 0.717) is 5.56 Å². The van der Waals surface area contributed by atoms with Gasteiger partial charge in [0.2, 0.25) is 10.0 Å². The smallest absolute Gasteiger partial charge is 0.258 e. The zero-order valence-corrected chi connectivity index (χ0v) is 12.6. The van der Waals surface area contributed by atoms with Gasteiger partial charge in [-0.2, -0.15) is 0 Å². The topological polar surface area (TPSA) is 89.3 Å². The van der Waals surface area contributed by atoms with Crippen LogP contribution < -0.4 is 4.72 Å². The number of nitro groups is 1. The number of halogens is 2. The van der Waals surface area contributed by atoms with Gasteiger partial charge >= 0.3 is 0 Å². The van der Waals surface area contributed by atoms with E-state index in [1.807, 2.05) is 0 Å². The minimum absolute atomic E-state index is 0.0604. The van der Waals surface area contributed by atoms with Crippen LogP contribution in [-0.2, 0) is 16.6 Å². The van der Waals surface area contributed by atoms with Crippen LogP contribution in [0, 0.1) is 15.9 Å². The van der Waals surface area contributed by atoms with E-state index in [4.69, 9.17) is 11.6 Å². The fourth-order valence-electron chi connectivity index (χ4n) is 1.75. The molecule has 2 aromatic carbocycles. The van der Waals surface area contributed by atoms with Crippen molar-refractivity contribution in [3.05, 3.63) is 69.0 Å². The van der Waals surface area contributed by atoms with Crippen molar-refractivity contribution in [1.82, 2.24) is 4.72 Å². The molecule has 2 aromatic rings. The van der Waals surface area contributed by atoms with E-state index in [-0.39, 0.29) is 11.6 Å². The lowest BCUT2D eigenvalue weighted by atomic mass is 10.2. The summed E-state index contributed by atoms with van der Waals surface area (Å²) in [6.07, 6.45) is 0. The Morgan fingerprint density at radius 2 is 1.91 bits per heavy atom. The normalized spacial score (nSPS) is 11.4. The van der Waals surface area contributed by atoms with E-state index in [2.05, 4.69) is 4.72 Å². The van der Waals surface area contributed by atoms with Gasteiger partial charge in [0.15, 0.2) is 4.90 Å². The van der Waals surface area contributed by atoms with Crippen LogP contribution in [0.25, 0.3) is 0 Å². The molecule has 0 aliphatic heterocycles. The quantitative estimate of drug-likeness (QED) is 0.667. The molecule has 2 rings (SSSR count). The van der Waals surface area contributed by atoms with Gasteiger partial charge < -0.3 is 0 Å². The van der Waals surface area contributed by atoms with Crippen molar-refractivity contribution in [2.45, 2.75) is 11.4 Å². The van der Waals surface area contributed by atoms with Crippen molar-refractivity contribution in [2.24, 2.45) is 0 Å². The summed E-state index contributed by atoms with van der Waals surface area (Å²) in [5, 5.41) is 10.9. The van der Waals surface area contributed by atoms with Gasteiger partial charge in [-0.25, -0.2) is 17.5 Å². The largest absolute Gasteiger partial charge is 0.289 e. The van der Waals surface area contributed by atoms with Crippen molar-refractivity contribution >= 4 is 27.3 Å². The van der Waals surface area contributed by atoms with Crippen molar-refractivity contribution in [2.75, 3.05) is 0 Å². The molecule has 9 heteroatoms. The molecule has 0 unspecified atom stereocenters. The first kappa shape index (κ1) is 16.3. The standard InChI is InChI=1S/C13H10ClFN2O4S/c14-11-7-10(15)6-5-9(11)8-16-22(20,21)13-4-2-1-3-12(13)17(18)19/h1-7,16H,8H2. The van der Waals surface area contributed by atoms with Gasteiger partial charge in [-0.15, -0.1) is 0 Å². The zero-order chi connectivity index (χ0) is 16.3. The lowest BCUT2D eigenvalue weighted by Crippen LogP contribution is -2.24. The third-order valence-corrected chi connectivity index (χ3v) is 4.62. The maximum absolute atomic E-state index is 12.9. The van der Waals surface area contributed by atoms with Gasteiger partial charge in [-0.1, -0.05) is 29.8 Å². The van der Waals surface area contributed by atoms with E-state index in [9.17, 15) is 22.9 Å². The van der Waals surface area contributed by atoms with E-state index < -0.39 is 31.3 Å². The molecule has 6 nitrogen and oxygen atoms in total. The molecule has 0 amide bonds. The number of nitro benzene ring substituents is 1. The van der Waals surface area contributed by atoms with Gasteiger partial charge in [-0.05, 0) is 23.8 Å². The van der Waals surface area contributed by atoms with Crippen molar-refractivity contribution < 1.29 is 17.7 Å². The van der Waals surface area contributed by atoms with Crippen LogP contribution in [0.15, 0.2) is 47.4 Å². The number of rotatable bonds is 5. The Balaban J connectivity index is 2.27. The molecule has 22 heavy (non-hydrogen) atoms. The van der Waals surface area contributed by atoms with Crippen LogP contribution in [0.4, 0.5) is 10.1 Å². The molecule has 116 valence electrons. The first-order valence-corrected chi connectivity index (χ1v) is 7.84. The second-order valence-corrected chi connectivity index (χ2v) is 6.43. The van der Waals surface area contributed by atoms with Crippen LogP contribution in [0.3, 0.4) is 0 Å². The van der Waals surface area contributed by atoms with Crippen LogP contribution >= 0.6 is 11.6 Å². The molecule has 0 aliphatic carbocycles. The molecule has 0 aliphatic rings. The molecular weight excluding hydrogens is 335 g/mol. The minimum atomic E-state index is -4.11. The van der Waals surface area contributed by atoms with Gasteiger partial charge in [0.25, 0.3) is 5.69 Å². The summed E-state index contributed by atoms with van der Waals surface area (Å²) in [5.41, 5.74) is -0.176. The summed E-state index contributed by atoms with van der Waals surface area (Å²) < 4.78 is 39.5.